The molecule has 2 aliphatic rings. The fraction of sp³-hybridized carbons (Fsp3) is 0.525. The molecular formula is C40H55NO3Si. The van der Waals surface area contributed by atoms with Gasteiger partial charge in [-0.1, -0.05) is 116 Å². The molecule has 1 amide bonds. The Hall–Kier alpha value is -2.89. The molecule has 0 aromatic heterocycles. The molecule has 4 nitrogen and oxygen atoms in total. The number of fused-ring (bicyclic) bond motifs is 2. The van der Waals surface area contributed by atoms with Crippen molar-refractivity contribution >= 4 is 20.6 Å². The first-order valence-corrected chi connectivity index (χ1v) is 20.0. The molecule has 1 N–H and O–H groups in total. The highest BCUT2D eigenvalue weighted by Crippen LogP contribution is 2.46. The first kappa shape index (κ1) is 33.5. The Bertz CT molecular complexity index is 1420. The zero-order valence-corrected chi connectivity index (χ0v) is 30.1. The number of benzene rings is 3. The van der Waals surface area contributed by atoms with E-state index in [1.807, 2.05) is 36.4 Å². The standard InChI is InChI=1S/C40H55NO3Si/c1-39(2,3)29(23-27-15-9-10-16-27)25-37(44-45(7)8)28-21-22-33(40(4,5)6)34(24-28)41-38(42)26-32-30-17-11-13-19-35(30)43-36-20-14-12-18-31(32)36/h11-14,17-22,24,27,29,32,37,45H,9-10,15-16,23,25-26H2,1-8H3,(H,41,42). The van der Waals surface area contributed by atoms with Crippen LogP contribution in [0.3, 0.4) is 0 Å². The highest BCUT2D eigenvalue weighted by molar-refractivity contribution is 6.48. The highest BCUT2D eigenvalue weighted by Gasteiger charge is 2.33. The molecule has 242 valence electrons. The Morgan fingerprint density at radius 3 is 2.07 bits per heavy atom. The summed E-state index contributed by atoms with van der Waals surface area (Å²) in [5.74, 6) is 3.01. The SMILES string of the molecule is C[SiH](C)OC(CC(CC1CCCC1)C(C)(C)C)c1ccc(C(C)(C)C)c(NC(=O)CC2c3ccccc3Oc3ccccc32)c1. The number of carbonyl (C=O) groups is 1. The van der Waals surface area contributed by atoms with Crippen molar-refractivity contribution in [1.29, 1.82) is 0 Å². The smallest absolute Gasteiger partial charge is 0.225 e. The maximum atomic E-state index is 14.0. The van der Waals surface area contributed by atoms with Crippen LogP contribution in [0.15, 0.2) is 66.7 Å². The quantitative estimate of drug-likeness (QED) is 0.228. The molecule has 2 unspecified atom stereocenters. The van der Waals surface area contributed by atoms with Crippen LogP contribution in [0, 0.1) is 17.3 Å². The van der Waals surface area contributed by atoms with E-state index in [1.165, 1.54) is 37.7 Å². The van der Waals surface area contributed by atoms with Gasteiger partial charge in [-0.2, -0.15) is 0 Å². The van der Waals surface area contributed by atoms with E-state index in [1.54, 1.807) is 0 Å². The van der Waals surface area contributed by atoms with Crippen molar-refractivity contribution < 1.29 is 14.0 Å². The third-order valence-electron chi connectivity index (χ3n) is 9.95. The van der Waals surface area contributed by atoms with E-state index in [-0.39, 0.29) is 28.8 Å². The van der Waals surface area contributed by atoms with Gasteiger partial charge in [0.15, 0.2) is 9.04 Å². The number of amides is 1. The normalized spacial score (nSPS) is 17.0. The van der Waals surface area contributed by atoms with Gasteiger partial charge in [-0.15, -0.1) is 0 Å². The third-order valence-corrected chi connectivity index (χ3v) is 10.8. The maximum absolute atomic E-state index is 14.0. The summed E-state index contributed by atoms with van der Waals surface area (Å²) >= 11 is 0. The predicted molar refractivity (Wildman–Crippen MR) is 190 cm³/mol. The number of hydrogen-bond acceptors (Lipinski definition) is 3. The van der Waals surface area contributed by atoms with Crippen molar-refractivity contribution in [2.24, 2.45) is 17.3 Å². The van der Waals surface area contributed by atoms with Gasteiger partial charge < -0.3 is 14.5 Å². The second kappa shape index (κ2) is 13.8. The Kier molecular flexibility index (Phi) is 10.3. The molecule has 3 aromatic rings. The second-order valence-electron chi connectivity index (χ2n) is 15.9. The van der Waals surface area contributed by atoms with Crippen molar-refractivity contribution in [2.75, 3.05) is 5.32 Å². The molecule has 5 heteroatoms. The van der Waals surface area contributed by atoms with Gasteiger partial charge in [0.1, 0.15) is 11.5 Å². The molecule has 5 rings (SSSR count). The molecule has 0 bridgehead atoms. The summed E-state index contributed by atoms with van der Waals surface area (Å²) in [5, 5.41) is 3.39. The molecule has 45 heavy (non-hydrogen) atoms. The molecule has 1 aliphatic heterocycles. The lowest BCUT2D eigenvalue weighted by Crippen LogP contribution is -2.27. The molecule has 3 aromatic carbocycles. The monoisotopic (exact) mass is 625 g/mol. The van der Waals surface area contributed by atoms with Crippen LogP contribution in [-0.2, 0) is 14.6 Å². The summed E-state index contributed by atoms with van der Waals surface area (Å²) < 4.78 is 13.0. The van der Waals surface area contributed by atoms with Crippen LogP contribution in [0.1, 0.15) is 121 Å². The zero-order chi connectivity index (χ0) is 32.4. The van der Waals surface area contributed by atoms with Gasteiger partial charge in [0.25, 0.3) is 0 Å². The van der Waals surface area contributed by atoms with Crippen molar-refractivity contribution in [3.63, 3.8) is 0 Å². The number of hydrogen-bond donors (Lipinski definition) is 1. The second-order valence-corrected chi connectivity index (χ2v) is 18.3. The van der Waals surface area contributed by atoms with E-state index in [9.17, 15) is 4.79 Å². The number of para-hydroxylation sites is 2. The van der Waals surface area contributed by atoms with Crippen LogP contribution >= 0.6 is 0 Å². The van der Waals surface area contributed by atoms with Gasteiger partial charge in [0, 0.05) is 29.2 Å². The van der Waals surface area contributed by atoms with Gasteiger partial charge in [0.2, 0.25) is 5.91 Å². The Balaban J connectivity index is 1.44. The average Bonchev–Trinajstić information content (AvgIpc) is 3.48. The Morgan fingerprint density at radius 2 is 1.51 bits per heavy atom. The van der Waals surface area contributed by atoms with Gasteiger partial charge in [0.05, 0.1) is 6.10 Å². The topological polar surface area (TPSA) is 47.6 Å². The zero-order valence-electron chi connectivity index (χ0n) is 28.9. The fourth-order valence-corrected chi connectivity index (χ4v) is 8.37. The summed E-state index contributed by atoms with van der Waals surface area (Å²) in [7, 11) is -1.33. The van der Waals surface area contributed by atoms with Crippen molar-refractivity contribution in [2.45, 2.75) is 117 Å². The summed E-state index contributed by atoms with van der Waals surface area (Å²) in [5.41, 5.74) is 5.43. The minimum absolute atomic E-state index is 0.0126. The van der Waals surface area contributed by atoms with E-state index in [4.69, 9.17) is 9.16 Å². The van der Waals surface area contributed by atoms with Crippen molar-refractivity contribution in [3.8, 4) is 11.5 Å². The fourth-order valence-electron chi connectivity index (χ4n) is 7.44. The van der Waals surface area contributed by atoms with Gasteiger partial charge >= 0.3 is 0 Å². The molecule has 0 spiro atoms. The van der Waals surface area contributed by atoms with Crippen LogP contribution in [0.2, 0.25) is 13.1 Å². The summed E-state index contributed by atoms with van der Waals surface area (Å²) in [6.45, 7) is 18.4. The number of ether oxygens (including phenoxy) is 1. The van der Waals surface area contributed by atoms with E-state index in [0.717, 1.165) is 46.2 Å². The van der Waals surface area contributed by atoms with Gasteiger partial charge in [-0.3, -0.25) is 4.79 Å². The molecule has 2 atom stereocenters. The Labute approximate surface area is 274 Å². The lowest BCUT2D eigenvalue weighted by molar-refractivity contribution is -0.116. The van der Waals surface area contributed by atoms with Crippen LogP contribution in [0.4, 0.5) is 5.69 Å². The van der Waals surface area contributed by atoms with E-state index in [2.05, 4.69) is 90.3 Å². The summed E-state index contributed by atoms with van der Waals surface area (Å²) in [4.78, 5) is 14.0. The number of rotatable bonds is 10. The average molecular weight is 626 g/mol. The largest absolute Gasteiger partial charge is 0.457 e. The van der Waals surface area contributed by atoms with Gasteiger partial charge in [-0.05, 0) is 77.9 Å². The van der Waals surface area contributed by atoms with Crippen LogP contribution in [0.5, 0.6) is 11.5 Å². The van der Waals surface area contributed by atoms with E-state index in [0.29, 0.717) is 12.3 Å². The molecule has 0 saturated heterocycles. The minimum Gasteiger partial charge on any atom is -0.457 e. The first-order valence-electron chi connectivity index (χ1n) is 17.2. The highest BCUT2D eigenvalue weighted by atomic mass is 28.3. The first-order chi connectivity index (χ1) is 21.3. The van der Waals surface area contributed by atoms with Crippen molar-refractivity contribution in [1.82, 2.24) is 0 Å². The molecule has 1 saturated carbocycles. The van der Waals surface area contributed by atoms with Crippen LogP contribution in [0.25, 0.3) is 0 Å². The molecule has 1 heterocycles. The van der Waals surface area contributed by atoms with Gasteiger partial charge in [-0.25, -0.2) is 0 Å². The van der Waals surface area contributed by atoms with E-state index >= 15 is 0 Å². The summed E-state index contributed by atoms with van der Waals surface area (Å²) in [6.07, 6.45) is 8.17. The maximum Gasteiger partial charge on any atom is 0.225 e. The predicted octanol–water partition coefficient (Wildman–Crippen LogP) is 10.9. The van der Waals surface area contributed by atoms with Crippen LogP contribution in [-0.4, -0.2) is 14.9 Å². The van der Waals surface area contributed by atoms with E-state index < -0.39 is 9.04 Å². The molecule has 1 aliphatic carbocycles. The lowest BCUT2D eigenvalue weighted by Gasteiger charge is -2.36. The summed E-state index contributed by atoms with van der Waals surface area (Å²) in [6, 6.07) is 22.9. The number of carbonyl (C=O) groups excluding carboxylic acids is 1. The number of nitrogens with one attached hydrogen (secondary N) is 1. The van der Waals surface area contributed by atoms with Crippen molar-refractivity contribution in [3.05, 3.63) is 89.0 Å². The minimum atomic E-state index is -1.33. The third kappa shape index (κ3) is 8.29. The molecule has 1 fully saturated rings. The lowest BCUT2D eigenvalue weighted by atomic mass is 9.72. The van der Waals surface area contributed by atoms with Crippen LogP contribution < -0.4 is 10.1 Å². The molecule has 0 radical (unpaired) electrons. The number of anilines is 1. The Morgan fingerprint density at radius 1 is 0.911 bits per heavy atom. The molecular weight excluding hydrogens is 571 g/mol.